The molecule has 2 aromatic rings. The average Bonchev–Trinajstić information content (AvgIpc) is 2.49. The number of amides is 1. The third-order valence-electron chi connectivity index (χ3n) is 3.75. The van der Waals surface area contributed by atoms with Crippen molar-refractivity contribution in [3.63, 3.8) is 0 Å². The van der Waals surface area contributed by atoms with E-state index in [-0.39, 0.29) is 5.91 Å². The number of hydrogen-bond donors (Lipinski definition) is 0. The molecule has 2 aromatic carbocycles. The monoisotopic (exact) mass is 317 g/mol. The van der Waals surface area contributed by atoms with E-state index in [0.717, 1.165) is 16.9 Å². The van der Waals surface area contributed by atoms with Crippen LogP contribution in [0.1, 0.15) is 27.0 Å². The summed E-state index contributed by atoms with van der Waals surface area (Å²) in [6, 6.07) is 11.2. The Morgan fingerprint density at radius 1 is 1.14 bits per heavy atom. The molecule has 22 heavy (non-hydrogen) atoms. The Hall–Kier alpha value is -2.00. The molecule has 0 spiro atoms. The van der Waals surface area contributed by atoms with Crippen LogP contribution in [0, 0.1) is 13.8 Å². The lowest BCUT2D eigenvalue weighted by molar-refractivity contribution is 0.0784. The smallest absolute Gasteiger partial charge is 0.253 e. The molecule has 0 unspecified atom stereocenters. The van der Waals surface area contributed by atoms with Crippen LogP contribution in [-0.4, -0.2) is 25.0 Å². The number of hydrogen-bond acceptors (Lipinski definition) is 2. The van der Waals surface area contributed by atoms with Crippen molar-refractivity contribution in [2.75, 3.05) is 14.2 Å². The van der Waals surface area contributed by atoms with Gasteiger partial charge in [0, 0.05) is 29.7 Å². The van der Waals surface area contributed by atoms with Gasteiger partial charge in [0.25, 0.3) is 5.91 Å². The molecule has 0 aliphatic carbocycles. The van der Waals surface area contributed by atoms with Gasteiger partial charge in [0.1, 0.15) is 5.75 Å². The molecule has 0 saturated heterocycles. The number of ether oxygens (including phenoxy) is 1. The van der Waals surface area contributed by atoms with Gasteiger partial charge in [0.15, 0.2) is 0 Å². The Bertz CT molecular complexity index is 697. The summed E-state index contributed by atoms with van der Waals surface area (Å²) < 4.78 is 5.32. The molecule has 0 fully saturated rings. The largest absolute Gasteiger partial charge is 0.496 e. The first kappa shape index (κ1) is 16.4. The summed E-state index contributed by atoms with van der Waals surface area (Å²) in [6.07, 6.45) is 0. The van der Waals surface area contributed by atoms with Gasteiger partial charge in [-0.25, -0.2) is 0 Å². The number of carbonyl (C=O) groups is 1. The highest BCUT2D eigenvalue weighted by atomic mass is 35.5. The second-order valence-corrected chi connectivity index (χ2v) is 5.85. The second-order valence-electron chi connectivity index (χ2n) is 5.42. The van der Waals surface area contributed by atoms with Gasteiger partial charge >= 0.3 is 0 Å². The molecular formula is C18H20ClNO2. The van der Waals surface area contributed by atoms with Gasteiger partial charge in [0.2, 0.25) is 0 Å². The zero-order valence-corrected chi connectivity index (χ0v) is 14.1. The molecule has 0 atom stereocenters. The van der Waals surface area contributed by atoms with E-state index in [4.69, 9.17) is 16.3 Å². The van der Waals surface area contributed by atoms with E-state index < -0.39 is 0 Å². The van der Waals surface area contributed by atoms with Crippen molar-refractivity contribution in [2.24, 2.45) is 0 Å². The normalized spacial score (nSPS) is 10.4. The number of halogens is 1. The minimum absolute atomic E-state index is 0.0230. The van der Waals surface area contributed by atoms with Crippen LogP contribution in [0.15, 0.2) is 36.4 Å². The number of nitrogens with zero attached hydrogens (tertiary/aromatic N) is 1. The number of benzene rings is 2. The van der Waals surface area contributed by atoms with Gasteiger partial charge in [-0.15, -0.1) is 0 Å². The summed E-state index contributed by atoms with van der Waals surface area (Å²) in [5.74, 6) is 0.703. The highest BCUT2D eigenvalue weighted by molar-refractivity contribution is 6.30. The summed E-state index contributed by atoms with van der Waals surface area (Å²) in [5.41, 5.74) is 3.86. The highest BCUT2D eigenvalue weighted by Crippen LogP contribution is 2.24. The summed E-state index contributed by atoms with van der Waals surface area (Å²) in [7, 11) is 3.38. The molecular weight excluding hydrogens is 298 g/mol. The van der Waals surface area contributed by atoms with Crippen LogP contribution < -0.4 is 4.74 Å². The molecule has 3 nitrogen and oxygen atoms in total. The van der Waals surface area contributed by atoms with Crippen LogP contribution in [0.2, 0.25) is 5.02 Å². The van der Waals surface area contributed by atoms with E-state index in [9.17, 15) is 4.79 Å². The predicted octanol–water partition coefficient (Wildman–Crippen LogP) is 4.24. The van der Waals surface area contributed by atoms with Gasteiger partial charge in [0.05, 0.1) is 7.11 Å². The zero-order chi connectivity index (χ0) is 16.3. The molecule has 0 aromatic heterocycles. The molecule has 0 N–H and O–H groups in total. The van der Waals surface area contributed by atoms with E-state index in [1.54, 1.807) is 25.1 Å². The minimum Gasteiger partial charge on any atom is -0.496 e. The molecule has 0 aliphatic rings. The predicted molar refractivity (Wildman–Crippen MR) is 89.7 cm³/mol. The van der Waals surface area contributed by atoms with Crippen molar-refractivity contribution in [1.82, 2.24) is 4.90 Å². The summed E-state index contributed by atoms with van der Waals surface area (Å²) in [6.45, 7) is 4.48. The van der Waals surface area contributed by atoms with Gasteiger partial charge in [-0.2, -0.15) is 0 Å². The van der Waals surface area contributed by atoms with Gasteiger partial charge < -0.3 is 9.64 Å². The van der Waals surface area contributed by atoms with E-state index in [0.29, 0.717) is 17.1 Å². The molecule has 0 aliphatic heterocycles. The fourth-order valence-electron chi connectivity index (χ4n) is 2.29. The summed E-state index contributed by atoms with van der Waals surface area (Å²) in [5, 5.41) is 0.628. The quantitative estimate of drug-likeness (QED) is 0.844. The maximum Gasteiger partial charge on any atom is 0.253 e. The SMILES string of the molecule is COc1ccc(Cl)cc1CN(C)C(=O)c1ccc(C)c(C)c1. The number of carbonyl (C=O) groups excluding carboxylic acids is 1. The first-order chi connectivity index (χ1) is 10.4. The number of aryl methyl sites for hydroxylation is 2. The van der Waals surface area contributed by atoms with E-state index in [1.807, 2.05) is 44.2 Å². The van der Waals surface area contributed by atoms with Crippen molar-refractivity contribution < 1.29 is 9.53 Å². The topological polar surface area (TPSA) is 29.5 Å². The molecule has 0 saturated carbocycles. The fourth-order valence-corrected chi connectivity index (χ4v) is 2.49. The van der Waals surface area contributed by atoms with E-state index in [1.165, 1.54) is 5.56 Å². The van der Waals surface area contributed by atoms with E-state index in [2.05, 4.69) is 0 Å². The van der Waals surface area contributed by atoms with Crippen LogP contribution in [0.25, 0.3) is 0 Å². The van der Waals surface area contributed by atoms with Gasteiger partial charge in [-0.05, 0) is 55.3 Å². The maximum absolute atomic E-state index is 12.5. The highest BCUT2D eigenvalue weighted by Gasteiger charge is 2.15. The lowest BCUT2D eigenvalue weighted by Gasteiger charge is -2.19. The van der Waals surface area contributed by atoms with Crippen molar-refractivity contribution in [3.05, 3.63) is 63.7 Å². The first-order valence-corrected chi connectivity index (χ1v) is 7.45. The Morgan fingerprint density at radius 3 is 2.50 bits per heavy atom. The van der Waals surface area contributed by atoms with Crippen LogP contribution in [-0.2, 0) is 6.54 Å². The molecule has 4 heteroatoms. The van der Waals surface area contributed by atoms with Crippen molar-refractivity contribution >= 4 is 17.5 Å². The number of methoxy groups -OCH3 is 1. The Balaban J connectivity index is 2.21. The first-order valence-electron chi connectivity index (χ1n) is 7.07. The number of rotatable bonds is 4. The Labute approximate surface area is 136 Å². The third-order valence-corrected chi connectivity index (χ3v) is 3.99. The van der Waals surface area contributed by atoms with Crippen LogP contribution in [0.4, 0.5) is 0 Å². The van der Waals surface area contributed by atoms with Crippen molar-refractivity contribution in [3.8, 4) is 5.75 Å². The average molecular weight is 318 g/mol. The summed E-state index contributed by atoms with van der Waals surface area (Å²) >= 11 is 6.03. The Morgan fingerprint density at radius 2 is 1.86 bits per heavy atom. The van der Waals surface area contributed by atoms with Gasteiger partial charge in [-0.1, -0.05) is 17.7 Å². The second kappa shape index (κ2) is 6.84. The maximum atomic E-state index is 12.5. The Kier molecular flexibility index (Phi) is 5.09. The van der Waals surface area contributed by atoms with Crippen LogP contribution in [0.5, 0.6) is 5.75 Å². The lowest BCUT2D eigenvalue weighted by Crippen LogP contribution is -2.26. The van der Waals surface area contributed by atoms with Crippen molar-refractivity contribution in [1.29, 1.82) is 0 Å². The third kappa shape index (κ3) is 3.60. The standard InChI is InChI=1S/C18H20ClNO2/c1-12-5-6-14(9-13(12)2)18(21)20(3)11-15-10-16(19)7-8-17(15)22-4/h5-10H,11H2,1-4H3. The van der Waals surface area contributed by atoms with Crippen molar-refractivity contribution in [2.45, 2.75) is 20.4 Å². The molecule has 2 rings (SSSR count). The molecule has 116 valence electrons. The minimum atomic E-state index is -0.0230. The van der Waals surface area contributed by atoms with Crippen LogP contribution >= 0.6 is 11.6 Å². The molecule has 0 bridgehead atoms. The van der Waals surface area contributed by atoms with E-state index >= 15 is 0 Å². The molecule has 0 heterocycles. The molecule has 1 amide bonds. The lowest BCUT2D eigenvalue weighted by atomic mass is 10.1. The zero-order valence-electron chi connectivity index (χ0n) is 13.3. The fraction of sp³-hybridized carbons (Fsp3) is 0.278. The summed E-state index contributed by atoms with van der Waals surface area (Å²) in [4.78, 5) is 14.2. The molecule has 0 radical (unpaired) electrons. The van der Waals surface area contributed by atoms with Crippen LogP contribution in [0.3, 0.4) is 0 Å². The van der Waals surface area contributed by atoms with Gasteiger partial charge in [-0.3, -0.25) is 4.79 Å².